The van der Waals surface area contributed by atoms with Gasteiger partial charge >= 0.3 is 79.3 Å². The summed E-state index contributed by atoms with van der Waals surface area (Å²) in [6, 6.07) is 0. The van der Waals surface area contributed by atoms with Crippen LogP contribution in [0.1, 0.15) is 12.8 Å². The van der Waals surface area contributed by atoms with Crippen LogP contribution >= 0.6 is 41.3 Å². The van der Waals surface area contributed by atoms with Gasteiger partial charge in [0.1, 0.15) is 0 Å². The van der Waals surface area contributed by atoms with Gasteiger partial charge in [0.05, 0.1) is 0 Å². The molecule has 0 heterocycles. The molecule has 0 aromatic rings. The molecule has 0 radical (unpaired) electrons. The predicted molar refractivity (Wildman–Crippen MR) is 52.8 cm³/mol. The third kappa shape index (κ3) is 8.24. The number of unbranched alkanes of at least 4 members (excludes halogenated alkanes) is 1. The molecule has 0 N–H and O–H groups in total. The molecule has 0 amide bonds. The SMILES string of the molecule is BrCCC[CH2][SnH]([Br])[Br]. The van der Waals surface area contributed by atoms with Crippen molar-refractivity contribution in [3.05, 3.63) is 0 Å². The monoisotopic (exact) mass is 414 g/mol. The number of hydrogen-bond donors (Lipinski definition) is 0. The second-order valence-corrected chi connectivity index (χ2v) is 29.3. The fourth-order valence-electron chi connectivity index (χ4n) is 0.393. The molecule has 0 aliphatic rings. The summed E-state index contributed by atoms with van der Waals surface area (Å²) in [6.45, 7) is 0. The van der Waals surface area contributed by atoms with Crippen LogP contribution in [0.2, 0.25) is 4.44 Å². The van der Waals surface area contributed by atoms with Crippen LogP contribution in [0.15, 0.2) is 0 Å². The van der Waals surface area contributed by atoms with Crippen LogP contribution in [0.3, 0.4) is 0 Å². The molecule has 0 fully saturated rings. The molecule has 0 aliphatic carbocycles. The maximum atomic E-state index is 3.62. The van der Waals surface area contributed by atoms with Crippen molar-refractivity contribution in [3.8, 4) is 0 Å². The van der Waals surface area contributed by atoms with Crippen molar-refractivity contribution in [2.75, 3.05) is 5.33 Å². The average molecular weight is 416 g/mol. The topological polar surface area (TPSA) is 0 Å². The minimum absolute atomic E-state index is 1.16. The fourth-order valence-corrected chi connectivity index (χ4v) is 6.84. The third-order valence-corrected chi connectivity index (χ3v) is 9.92. The van der Waals surface area contributed by atoms with Gasteiger partial charge in [0.25, 0.3) is 0 Å². The second-order valence-electron chi connectivity index (χ2n) is 1.58. The summed E-state index contributed by atoms with van der Waals surface area (Å²) in [5, 5.41) is 1.16. The molecule has 4 heteroatoms. The van der Waals surface area contributed by atoms with E-state index in [1.54, 1.807) is 0 Å². The Bertz CT molecular complexity index is 48.5. The molecule has 0 bridgehead atoms. The first kappa shape index (κ1) is 10.2. The molecular weight excluding hydrogens is 406 g/mol. The van der Waals surface area contributed by atoms with E-state index in [1.807, 2.05) is 0 Å². The van der Waals surface area contributed by atoms with E-state index in [1.165, 1.54) is 17.3 Å². The van der Waals surface area contributed by atoms with E-state index in [2.05, 4.69) is 41.3 Å². The molecule has 0 atom stereocenters. The molecule has 0 saturated carbocycles. The number of alkyl halides is 1. The summed E-state index contributed by atoms with van der Waals surface area (Å²) in [5.41, 5.74) is 0. The van der Waals surface area contributed by atoms with Gasteiger partial charge < -0.3 is 0 Å². The Balaban J connectivity index is 2.72. The van der Waals surface area contributed by atoms with E-state index in [0.29, 0.717) is 0 Å². The third-order valence-electron chi connectivity index (χ3n) is 0.806. The zero-order valence-corrected chi connectivity index (χ0v) is 12.6. The standard InChI is InChI=1S/C4H8Br.2BrH.Sn.H/c1-2-3-4-5;;;;/h1-4H2;2*1H;;/q;;;+2;/p-2. The Labute approximate surface area is 78.2 Å². The van der Waals surface area contributed by atoms with Crippen LogP contribution in [-0.4, -0.2) is 20.6 Å². The summed E-state index contributed by atoms with van der Waals surface area (Å²) in [6.07, 6.45) is 2.70. The number of hydrogen-bond acceptors (Lipinski definition) is 0. The van der Waals surface area contributed by atoms with Gasteiger partial charge in [-0.3, -0.25) is 0 Å². The second kappa shape index (κ2) is 7.35. The van der Waals surface area contributed by atoms with Gasteiger partial charge in [0.2, 0.25) is 0 Å². The van der Waals surface area contributed by atoms with E-state index in [0.717, 1.165) is 5.33 Å². The molecule has 0 saturated heterocycles. The van der Waals surface area contributed by atoms with Gasteiger partial charge in [-0.05, 0) is 0 Å². The van der Waals surface area contributed by atoms with Gasteiger partial charge in [-0.2, -0.15) is 0 Å². The van der Waals surface area contributed by atoms with Crippen molar-refractivity contribution in [2.45, 2.75) is 17.3 Å². The zero-order chi connectivity index (χ0) is 6.41. The first-order valence-corrected chi connectivity index (χ1v) is 20.8. The summed E-state index contributed by atoms with van der Waals surface area (Å²) in [4.78, 5) is 0. The molecule has 0 spiro atoms. The number of halogens is 3. The molecular formula is C4H9Br3Sn. The zero-order valence-electron chi connectivity index (χ0n) is 4.54. The minimum atomic E-state index is -1.16. The quantitative estimate of drug-likeness (QED) is 0.376. The van der Waals surface area contributed by atoms with Crippen molar-refractivity contribution >= 4 is 56.7 Å². The normalized spacial score (nSPS) is 10.5. The Kier molecular flexibility index (Phi) is 9.40. The molecule has 0 aromatic carbocycles. The van der Waals surface area contributed by atoms with E-state index in [-0.39, 0.29) is 0 Å². The van der Waals surface area contributed by atoms with E-state index >= 15 is 0 Å². The molecule has 0 aliphatic heterocycles. The molecule has 8 heavy (non-hydrogen) atoms. The maximum absolute atomic E-state index is 3.62. The summed E-state index contributed by atoms with van der Waals surface area (Å²) >= 11 is 9.46. The molecule has 0 nitrogen and oxygen atoms in total. The summed E-state index contributed by atoms with van der Waals surface area (Å²) < 4.78 is 1.42. The van der Waals surface area contributed by atoms with E-state index in [9.17, 15) is 0 Å². The van der Waals surface area contributed by atoms with Crippen molar-refractivity contribution in [3.63, 3.8) is 0 Å². The van der Waals surface area contributed by atoms with Crippen LogP contribution < -0.4 is 0 Å². The van der Waals surface area contributed by atoms with Gasteiger partial charge in [0, 0.05) is 0 Å². The molecule has 0 aromatic heterocycles. The Morgan fingerprint density at radius 1 is 1.12 bits per heavy atom. The molecule has 50 valence electrons. The van der Waals surface area contributed by atoms with Crippen LogP contribution in [-0.2, 0) is 0 Å². The van der Waals surface area contributed by atoms with Gasteiger partial charge in [-0.1, -0.05) is 0 Å². The Hall–Kier alpha value is 2.24. The Morgan fingerprint density at radius 2 is 1.75 bits per heavy atom. The van der Waals surface area contributed by atoms with Crippen molar-refractivity contribution < 1.29 is 0 Å². The van der Waals surface area contributed by atoms with Crippen LogP contribution in [0.5, 0.6) is 0 Å². The van der Waals surface area contributed by atoms with Gasteiger partial charge in [0.15, 0.2) is 0 Å². The molecule has 0 unspecified atom stereocenters. The van der Waals surface area contributed by atoms with E-state index in [4.69, 9.17) is 0 Å². The van der Waals surface area contributed by atoms with Crippen LogP contribution in [0.25, 0.3) is 0 Å². The molecule has 0 rings (SSSR count). The van der Waals surface area contributed by atoms with Crippen molar-refractivity contribution in [2.24, 2.45) is 0 Å². The van der Waals surface area contributed by atoms with Crippen molar-refractivity contribution in [1.29, 1.82) is 0 Å². The van der Waals surface area contributed by atoms with Gasteiger partial charge in [-0.25, -0.2) is 0 Å². The van der Waals surface area contributed by atoms with E-state index < -0.39 is 15.3 Å². The summed E-state index contributed by atoms with van der Waals surface area (Å²) in [5.74, 6) is 0. The van der Waals surface area contributed by atoms with Crippen LogP contribution in [0, 0.1) is 0 Å². The number of rotatable bonds is 4. The van der Waals surface area contributed by atoms with Gasteiger partial charge in [-0.15, -0.1) is 0 Å². The Morgan fingerprint density at radius 3 is 2.12 bits per heavy atom. The predicted octanol–water partition coefficient (Wildman–Crippen LogP) is 3.17. The average Bonchev–Trinajstić information content (AvgIpc) is 1.66. The summed E-state index contributed by atoms with van der Waals surface area (Å²) in [7, 11) is 0. The fraction of sp³-hybridized carbons (Fsp3) is 1.00. The first-order chi connectivity index (χ1) is 3.77. The van der Waals surface area contributed by atoms with Crippen molar-refractivity contribution in [1.82, 2.24) is 0 Å². The first-order valence-electron chi connectivity index (χ1n) is 2.61. The van der Waals surface area contributed by atoms with Crippen LogP contribution in [0.4, 0.5) is 0 Å².